The van der Waals surface area contributed by atoms with Gasteiger partial charge in [-0.05, 0) is 87.7 Å². The van der Waals surface area contributed by atoms with Crippen LogP contribution < -0.4 is 10.6 Å². The SMILES string of the molecule is O=C(NCCCC[C@@H](NC(=O)OCc1cccc2c1Cc1ccccc1-2)C(=O)O)OCc1cccc2c1Cc1ccccc1-2. The highest BCUT2D eigenvalue weighted by Crippen LogP contribution is 2.39. The van der Waals surface area contributed by atoms with E-state index in [1.54, 1.807) is 0 Å². The Morgan fingerprint density at radius 1 is 0.659 bits per heavy atom. The topological polar surface area (TPSA) is 114 Å². The Labute approximate surface area is 256 Å². The molecule has 8 heteroatoms. The molecule has 0 bridgehead atoms. The molecule has 0 aromatic heterocycles. The Kier molecular flexibility index (Phi) is 8.59. The van der Waals surface area contributed by atoms with Crippen LogP contribution in [0.15, 0.2) is 84.9 Å². The maximum Gasteiger partial charge on any atom is 0.408 e. The molecule has 0 spiro atoms. The summed E-state index contributed by atoms with van der Waals surface area (Å²) in [6, 6.07) is 27.4. The van der Waals surface area contributed by atoms with Gasteiger partial charge in [0.15, 0.2) is 0 Å². The number of hydrogen-bond donors (Lipinski definition) is 3. The molecule has 1 atom stereocenters. The molecule has 0 saturated heterocycles. The van der Waals surface area contributed by atoms with Crippen molar-refractivity contribution in [2.75, 3.05) is 6.54 Å². The van der Waals surface area contributed by atoms with Crippen molar-refractivity contribution in [3.8, 4) is 22.3 Å². The highest BCUT2D eigenvalue weighted by atomic mass is 16.6. The number of unbranched alkanes of at least 4 members (excludes halogenated alkanes) is 1. The molecule has 6 rings (SSSR count). The summed E-state index contributed by atoms with van der Waals surface area (Å²) in [5.74, 6) is -1.14. The minimum atomic E-state index is -1.14. The van der Waals surface area contributed by atoms with E-state index in [0.29, 0.717) is 19.4 Å². The van der Waals surface area contributed by atoms with Gasteiger partial charge in [0, 0.05) is 6.54 Å². The van der Waals surface area contributed by atoms with Crippen molar-refractivity contribution in [2.45, 2.75) is 51.4 Å². The molecule has 44 heavy (non-hydrogen) atoms. The van der Waals surface area contributed by atoms with E-state index in [2.05, 4.69) is 47.0 Å². The second-order valence-corrected chi connectivity index (χ2v) is 11.2. The number of fused-ring (bicyclic) bond motifs is 6. The van der Waals surface area contributed by atoms with Gasteiger partial charge in [0.05, 0.1) is 0 Å². The van der Waals surface area contributed by atoms with E-state index < -0.39 is 24.2 Å². The third-order valence-corrected chi connectivity index (χ3v) is 8.39. The molecule has 8 nitrogen and oxygen atoms in total. The van der Waals surface area contributed by atoms with E-state index in [9.17, 15) is 19.5 Å². The van der Waals surface area contributed by atoms with Crippen molar-refractivity contribution >= 4 is 18.2 Å². The van der Waals surface area contributed by atoms with E-state index in [1.165, 1.54) is 33.4 Å². The Morgan fingerprint density at radius 3 is 1.75 bits per heavy atom. The molecule has 2 aliphatic rings. The molecule has 0 saturated carbocycles. The summed E-state index contributed by atoms with van der Waals surface area (Å²) < 4.78 is 10.9. The molecule has 2 aliphatic carbocycles. The molecule has 0 fully saturated rings. The summed E-state index contributed by atoms with van der Waals surface area (Å²) in [4.78, 5) is 36.6. The number of carboxylic acids is 1. The number of amides is 2. The first-order valence-electron chi connectivity index (χ1n) is 14.9. The predicted octanol–water partition coefficient (Wildman–Crippen LogP) is 6.61. The first kappa shape index (κ1) is 29.0. The number of nitrogens with one attached hydrogen (secondary N) is 2. The Morgan fingerprint density at radius 2 is 1.18 bits per heavy atom. The van der Waals surface area contributed by atoms with Crippen LogP contribution in [0.1, 0.15) is 52.6 Å². The van der Waals surface area contributed by atoms with Crippen LogP contribution in [0, 0.1) is 0 Å². The Balaban J connectivity index is 0.908. The van der Waals surface area contributed by atoms with Gasteiger partial charge in [-0.25, -0.2) is 14.4 Å². The number of rotatable bonds is 11. The van der Waals surface area contributed by atoms with Crippen molar-refractivity contribution in [1.29, 1.82) is 0 Å². The lowest BCUT2D eigenvalue weighted by atomic mass is 10.0. The average Bonchev–Trinajstić information content (AvgIpc) is 3.61. The summed E-state index contributed by atoms with van der Waals surface area (Å²) in [5.41, 5.74) is 11.4. The molecule has 4 aromatic rings. The molecule has 0 heterocycles. The van der Waals surface area contributed by atoms with Gasteiger partial charge < -0.3 is 25.2 Å². The van der Waals surface area contributed by atoms with Crippen LogP contribution in [0.25, 0.3) is 22.3 Å². The van der Waals surface area contributed by atoms with Gasteiger partial charge in [0.1, 0.15) is 19.3 Å². The van der Waals surface area contributed by atoms with Gasteiger partial charge in [-0.15, -0.1) is 0 Å². The van der Waals surface area contributed by atoms with Crippen LogP contribution >= 0.6 is 0 Å². The number of carbonyl (C=O) groups is 3. The van der Waals surface area contributed by atoms with Gasteiger partial charge in [-0.1, -0.05) is 84.9 Å². The van der Waals surface area contributed by atoms with Crippen molar-refractivity contribution in [1.82, 2.24) is 10.6 Å². The number of ether oxygens (including phenoxy) is 2. The largest absolute Gasteiger partial charge is 0.480 e. The van der Waals surface area contributed by atoms with Gasteiger partial charge in [-0.3, -0.25) is 0 Å². The smallest absolute Gasteiger partial charge is 0.408 e. The minimum Gasteiger partial charge on any atom is -0.480 e. The molecular formula is C36H34N2O6. The standard InChI is InChI=1S/C36H34N2O6/c39-34(40)33(38-36(42)44-22-26-12-8-16-30-28-14-4-2-10-24(28)20-32(26)30)17-5-6-18-37-35(41)43-21-25-11-7-15-29-27-13-3-1-9-23(27)19-31(25)29/h1-4,7-16,33H,5-6,17-22H2,(H,37,41)(H,38,42)(H,39,40)/t33-/m1/s1. The number of aliphatic carboxylic acids is 1. The maximum atomic E-state index is 12.5. The van der Waals surface area contributed by atoms with Crippen molar-refractivity contribution in [2.24, 2.45) is 0 Å². The third kappa shape index (κ3) is 6.29. The van der Waals surface area contributed by atoms with Crippen molar-refractivity contribution in [3.63, 3.8) is 0 Å². The summed E-state index contributed by atoms with van der Waals surface area (Å²) >= 11 is 0. The van der Waals surface area contributed by atoms with Crippen LogP contribution in [0.4, 0.5) is 9.59 Å². The zero-order valence-electron chi connectivity index (χ0n) is 24.3. The number of carboxylic acid groups (broad SMARTS) is 1. The van der Waals surface area contributed by atoms with Crippen molar-refractivity contribution < 1.29 is 29.0 Å². The molecule has 224 valence electrons. The monoisotopic (exact) mass is 590 g/mol. The number of hydrogen-bond acceptors (Lipinski definition) is 5. The minimum absolute atomic E-state index is 0.0556. The second-order valence-electron chi connectivity index (χ2n) is 11.2. The summed E-state index contributed by atoms with van der Waals surface area (Å²) in [6.45, 7) is 0.560. The van der Waals surface area contributed by atoms with Gasteiger partial charge in [0.25, 0.3) is 0 Å². The fourth-order valence-corrected chi connectivity index (χ4v) is 6.16. The fourth-order valence-electron chi connectivity index (χ4n) is 6.16. The molecule has 2 amide bonds. The molecule has 0 radical (unpaired) electrons. The molecule has 0 unspecified atom stereocenters. The lowest BCUT2D eigenvalue weighted by Crippen LogP contribution is -2.41. The Hall–Kier alpha value is -5.11. The lowest BCUT2D eigenvalue weighted by molar-refractivity contribution is -0.139. The van der Waals surface area contributed by atoms with Crippen molar-refractivity contribution in [3.05, 3.63) is 118 Å². The number of alkyl carbamates (subject to hydrolysis) is 2. The van der Waals surface area contributed by atoms with Gasteiger partial charge >= 0.3 is 18.2 Å². The number of benzene rings is 4. The van der Waals surface area contributed by atoms with E-state index >= 15 is 0 Å². The predicted molar refractivity (Wildman–Crippen MR) is 166 cm³/mol. The maximum absolute atomic E-state index is 12.5. The first-order valence-corrected chi connectivity index (χ1v) is 14.9. The summed E-state index contributed by atoms with van der Waals surface area (Å²) in [5, 5.41) is 14.8. The Bertz CT molecular complexity index is 1710. The highest BCUT2D eigenvalue weighted by molar-refractivity contribution is 5.81. The van der Waals surface area contributed by atoms with E-state index in [0.717, 1.165) is 35.1 Å². The van der Waals surface area contributed by atoms with Crippen LogP contribution in [0.5, 0.6) is 0 Å². The summed E-state index contributed by atoms with van der Waals surface area (Å²) in [7, 11) is 0. The van der Waals surface area contributed by atoms with Crippen LogP contribution in [-0.4, -0.2) is 35.8 Å². The summed E-state index contributed by atoms with van der Waals surface area (Å²) in [6.07, 6.45) is 1.51. The second kappa shape index (κ2) is 13.0. The van der Waals surface area contributed by atoms with E-state index in [-0.39, 0.29) is 19.6 Å². The normalized spacial score (nSPS) is 12.7. The van der Waals surface area contributed by atoms with Crippen LogP contribution in [0.2, 0.25) is 0 Å². The van der Waals surface area contributed by atoms with E-state index in [1.807, 2.05) is 48.5 Å². The molecule has 3 N–H and O–H groups in total. The van der Waals surface area contributed by atoms with Crippen LogP contribution in [-0.2, 0) is 40.3 Å². The average molecular weight is 591 g/mol. The zero-order chi connectivity index (χ0) is 30.5. The third-order valence-electron chi connectivity index (χ3n) is 8.39. The molecule has 0 aliphatic heterocycles. The zero-order valence-corrected chi connectivity index (χ0v) is 24.3. The fraction of sp³-hybridized carbons (Fsp3) is 0.250. The molecule has 4 aromatic carbocycles. The highest BCUT2D eigenvalue weighted by Gasteiger charge is 2.24. The van der Waals surface area contributed by atoms with E-state index in [4.69, 9.17) is 9.47 Å². The lowest BCUT2D eigenvalue weighted by Gasteiger charge is -2.15. The van der Waals surface area contributed by atoms with Gasteiger partial charge in [0.2, 0.25) is 0 Å². The first-order chi connectivity index (χ1) is 21.5. The quantitative estimate of drug-likeness (QED) is 0.146. The molecular weight excluding hydrogens is 556 g/mol. The van der Waals surface area contributed by atoms with Crippen LogP contribution in [0.3, 0.4) is 0 Å². The number of carbonyl (C=O) groups excluding carboxylic acids is 2. The van der Waals surface area contributed by atoms with Gasteiger partial charge in [-0.2, -0.15) is 0 Å².